The summed E-state index contributed by atoms with van der Waals surface area (Å²) >= 11 is 5.99. The summed E-state index contributed by atoms with van der Waals surface area (Å²) < 4.78 is 13.1. The zero-order valence-corrected chi connectivity index (χ0v) is 12.6. The molecule has 110 valence electrons. The van der Waals surface area contributed by atoms with Crippen LogP contribution in [-0.2, 0) is 0 Å². The summed E-state index contributed by atoms with van der Waals surface area (Å²) in [6, 6.07) is 4.32. The molecule has 20 heavy (non-hydrogen) atoms. The smallest absolute Gasteiger partial charge is 0.255 e. The standard InChI is InChI=1S/C15H20ClFN2O/c1-10(2)19(9-12-4-3-7-18-12)15(20)13-6-5-11(17)8-14(13)16/h5-6,8,10,12,18H,3-4,7,9H2,1-2H3. The quantitative estimate of drug-likeness (QED) is 0.926. The maximum Gasteiger partial charge on any atom is 0.255 e. The molecule has 0 radical (unpaired) electrons. The Bertz CT molecular complexity index is 487. The summed E-state index contributed by atoms with van der Waals surface area (Å²) in [4.78, 5) is 14.4. The molecule has 0 bridgehead atoms. The van der Waals surface area contributed by atoms with Gasteiger partial charge in [-0.2, -0.15) is 0 Å². The van der Waals surface area contributed by atoms with E-state index in [9.17, 15) is 9.18 Å². The molecule has 1 amide bonds. The van der Waals surface area contributed by atoms with Gasteiger partial charge in [-0.15, -0.1) is 0 Å². The molecule has 1 aliphatic heterocycles. The predicted octanol–water partition coefficient (Wildman–Crippen LogP) is 3.08. The van der Waals surface area contributed by atoms with E-state index in [1.54, 1.807) is 4.90 Å². The van der Waals surface area contributed by atoms with Gasteiger partial charge in [-0.3, -0.25) is 4.79 Å². The Morgan fingerprint density at radius 1 is 1.55 bits per heavy atom. The number of carbonyl (C=O) groups excluding carboxylic acids is 1. The summed E-state index contributed by atoms with van der Waals surface area (Å²) in [6.07, 6.45) is 2.22. The molecule has 1 heterocycles. The molecule has 0 aliphatic carbocycles. The first-order valence-electron chi connectivity index (χ1n) is 6.98. The summed E-state index contributed by atoms with van der Waals surface area (Å²) in [5, 5.41) is 3.55. The van der Waals surface area contributed by atoms with Crippen molar-refractivity contribution in [2.45, 2.75) is 38.8 Å². The SMILES string of the molecule is CC(C)N(CC1CCCN1)C(=O)c1ccc(F)cc1Cl. The molecule has 1 N–H and O–H groups in total. The number of hydrogen-bond acceptors (Lipinski definition) is 2. The van der Waals surface area contributed by atoms with E-state index in [2.05, 4.69) is 5.32 Å². The van der Waals surface area contributed by atoms with Crippen molar-refractivity contribution in [3.63, 3.8) is 0 Å². The first-order chi connectivity index (χ1) is 9.49. The van der Waals surface area contributed by atoms with Gasteiger partial charge in [0.1, 0.15) is 5.82 Å². The van der Waals surface area contributed by atoms with E-state index in [1.165, 1.54) is 18.2 Å². The van der Waals surface area contributed by atoms with Gasteiger partial charge in [0.15, 0.2) is 0 Å². The minimum absolute atomic E-state index is 0.0750. The second-order valence-corrected chi connectivity index (χ2v) is 5.88. The van der Waals surface area contributed by atoms with Gasteiger partial charge in [-0.05, 0) is 51.4 Å². The summed E-state index contributed by atoms with van der Waals surface area (Å²) in [6.45, 7) is 5.61. The Labute approximate surface area is 124 Å². The minimum atomic E-state index is -0.430. The fourth-order valence-electron chi connectivity index (χ4n) is 2.50. The van der Waals surface area contributed by atoms with E-state index >= 15 is 0 Å². The van der Waals surface area contributed by atoms with Crippen molar-refractivity contribution in [1.29, 1.82) is 0 Å². The Kier molecular flexibility index (Phi) is 5.00. The van der Waals surface area contributed by atoms with Crippen molar-refractivity contribution in [2.24, 2.45) is 0 Å². The van der Waals surface area contributed by atoms with Crippen LogP contribution in [0, 0.1) is 5.82 Å². The van der Waals surface area contributed by atoms with Crippen LogP contribution in [0.15, 0.2) is 18.2 Å². The van der Waals surface area contributed by atoms with Gasteiger partial charge in [0.2, 0.25) is 0 Å². The van der Waals surface area contributed by atoms with Gasteiger partial charge >= 0.3 is 0 Å². The molecule has 1 aliphatic rings. The monoisotopic (exact) mass is 298 g/mol. The molecule has 3 nitrogen and oxygen atoms in total. The van der Waals surface area contributed by atoms with Gasteiger partial charge in [0.25, 0.3) is 5.91 Å². The maximum absolute atomic E-state index is 13.1. The van der Waals surface area contributed by atoms with Crippen LogP contribution < -0.4 is 5.32 Å². The molecule has 1 aromatic rings. The molecule has 2 rings (SSSR count). The number of benzene rings is 1. The molecule has 0 aromatic heterocycles. The number of halogens is 2. The highest BCUT2D eigenvalue weighted by Gasteiger charge is 2.25. The van der Waals surface area contributed by atoms with E-state index in [1.807, 2.05) is 13.8 Å². The van der Waals surface area contributed by atoms with Gasteiger partial charge in [-0.1, -0.05) is 11.6 Å². The van der Waals surface area contributed by atoms with Gasteiger partial charge in [-0.25, -0.2) is 4.39 Å². The molecule has 5 heteroatoms. The first kappa shape index (κ1) is 15.3. The zero-order chi connectivity index (χ0) is 14.7. The van der Waals surface area contributed by atoms with E-state index in [0.29, 0.717) is 18.2 Å². The van der Waals surface area contributed by atoms with Crippen LogP contribution in [-0.4, -0.2) is 36.0 Å². The highest BCUT2D eigenvalue weighted by Crippen LogP contribution is 2.21. The average Bonchev–Trinajstić information content (AvgIpc) is 2.87. The third-order valence-corrected chi connectivity index (χ3v) is 3.94. The van der Waals surface area contributed by atoms with E-state index in [0.717, 1.165) is 19.4 Å². The van der Waals surface area contributed by atoms with Gasteiger partial charge in [0.05, 0.1) is 10.6 Å². The molecule has 0 saturated carbocycles. The molecule has 1 fully saturated rings. The fourth-order valence-corrected chi connectivity index (χ4v) is 2.74. The number of hydrogen-bond donors (Lipinski definition) is 1. The number of amides is 1. The number of nitrogens with one attached hydrogen (secondary N) is 1. The number of nitrogens with zero attached hydrogens (tertiary/aromatic N) is 1. The molecule has 1 aromatic carbocycles. The van der Waals surface area contributed by atoms with Crippen LogP contribution in [0.4, 0.5) is 4.39 Å². The first-order valence-corrected chi connectivity index (χ1v) is 7.36. The molecular formula is C15H20ClFN2O. The Morgan fingerprint density at radius 3 is 2.85 bits per heavy atom. The van der Waals surface area contributed by atoms with Crippen molar-refractivity contribution in [3.8, 4) is 0 Å². The molecule has 1 unspecified atom stereocenters. The van der Waals surface area contributed by atoms with Crippen LogP contribution in [0.25, 0.3) is 0 Å². The Hall–Kier alpha value is -1.13. The van der Waals surface area contributed by atoms with Crippen molar-refractivity contribution < 1.29 is 9.18 Å². The summed E-state index contributed by atoms with van der Waals surface area (Å²) in [5.74, 6) is -0.571. The van der Waals surface area contributed by atoms with Gasteiger partial charge < -0.3 is 10.2 Å². The third-order valence-electron chi connectivity index (χ3n) is 3.63. The topological polar surface area (TPSA) is 32.3 Å². The maximum atomic E-state index is 13.1. The minimum Gasteiger partial charge on any atom is -0.335 e. The van der Waals surface area contributed by atoms with E-state index in [-0.39, 0.29) is 17.0 Å². The fraction of sp³-hybridized carbons (Fsp3) is 0.533. The van der Waals surface area contributed by atoms with Crippen LogP contribution >= 0.6 is 11.6 Å². The van der Waals surface area contributed by atoms with Crippen molar-refractivity contribution in [3.05, 3.63) is 34.6 Å². The Morgan fingerprint density at radius 2 is 2.30 bits per heavy atom. The van der Waals surface area contributed by atoms with Gasteiger partial charge in [0, 0.05) is 18.6 Å². The second kappa shape index (κ2) is 6.55. The highest BCUT2D eigenvalue weighted by molar-refractivity contribution is 6.33. The normalized spacial score (nSPS) is 18.6. The highest BCUT2D eigenvalue weighted by atomic mass is 35.5. The van der Waals surface area contributed by atoms with Crippen LogP contribution in [0.5, 0.6) is 0 Å². The van der Waals surface area contributed by atoms with Crippen molar-refractivity contribution in [2.75, 3.05) is 13.1 Å². The summed E-state index contributed by atoms with van der Waals surface area (Å²) in [7, 11) is 0. The lowest BCUT2D eigenvalue weighted by Crippen LogP contribution is -2.44. The number of rotatable bonds is 4. The average molecular weight is 299 g/mol. The Balaban J connectivity index is 2.17. The number of carbonyl (C=O) groups is 1. The van der Waals surface area contributed by atoms with E-state index < -0.39 is 5.82 Å². The van der Waals surface area contributed by atoms with Crippen LogP contribution in [0.3, 0.4) is 0 Å². The van der Waals surface area contributed by atoms with Crippen LogP contribution in [0.1, 0.15) is 37.0 Å². The molecule has 1 saturated heterocycles. The molecule has 1 atom stereocenters. The second-order valence-electron chi connectivity index (χ2n) is 5.47. The lowest BCUT2D eigenvalue weighted by Gasteiger charge is -2.30. The summed E-state index contributed by atoms with van der Waals surface area (Å²) in [5.41, 5.74) is 0.361. The molecular weight excluding hydrogens is 279 g/mol. The van der Waals surface area contributed by atoms with Crippen molar-refractivity contribution >= 4 is 17.5 Å². The predicted molar refractivity (Wildman–Crippen MR) is 78.6 cm³/mol. The lowest BCUT2D eigenvalue weighted by molar-refractivity contribution is 0.0689. The largest absolute Gasteiger partial charge is 0.335 e. The zero-order valence-electron chi connectivity index (χ0n) is 11.8. The van der Waals surface area contributed by atoms with Crippen molar-refractivity contribution in [1.82, 2.24) is 10.2 Å². The van der Waals surface area contributed by atoms with Crippen LogP contribution in [0.2, 0.25) is 5.02 Å². The molecule has 0 spiro atoms. The third kappa shape index (κ3) is 3.49. The lowest BCUT2D eigenvalue weighted by atomic mass is 10.1. The van der Waals surface area contributed by atoms with E-state index in [4.69, 9.17) is 11.6 Å².